The maximum Gasteiger partial charge on any atom is 0.264 e. The topological polar surface area (TPSA) is 96.0 Å². The van der Waals surface area contributed by atoms with Gasteiger partial charge in [-0.2, -0.15) is 0 Å². The molecule has 1 N–H and O–H groups in total. The molecule has 4 rings (SSSR count). The molecule has 1 atom stereocenters. The number of hydrogen-bond donors (Lipinski definition) is 1. The van der Waals surface area contributed by atoms with Crippen molar-refractivity contribution in [1.82, 2.24) is 10.2 Å². The van der Waals surface area contributed by atoms with E-state index in [1.165, 1.54) is 29.2 Å². The van der Waals surface area contributed by atoms with Gasteiger partial charge in [0.1, 0.15) is 24.2 Å². The van der Waals surface area contributed by atoms with Crippen LogP contribution in [0.4, 0.5) is 10.1 Å². The molecule has 0 aliphatic rings. The lowest BCUT2D eigenvalue weighted by atomic mass is 10.0. The molecule has 45 heavy (non-hydrogen) atoms. The molecule has 0 saturated heterocycles. The Hall–Kier alpha value is -4.70. The third kappa shape index (κ3) is 8.69. The quantitative estimate of drug-likeness (QED) is 0.196. The van der Waals surface area contributed by atoms with Crippen molar-refractivity contribution in [2.45, 2.75) is 50.7 Å². The number of rotatable bonds is 14. The molecule has 0 unspecified atom stereocenters. The first-order valence-corrected chi connectivity index (χ1v) is 16.2. The van der Waals surface area contributed by atoms with Gasteiger partial charge in [-0.1, -0.05) is 72.8 Å². The zero-order chi connectivity index (χ0) is 32.4. The number of halogens is 1. The van der Waals surface area contributed by atoms with Crippen LogP contribution < -0.4 is 14.4 Å². The maximum absolute atomic E-state index is 14.5. The smallest absolute Gasteiger partial charge is 0.264 e. The first-order chi connectivity index (χ1) is 21.6. The lowest BCUT2D eigenvalue weighted by molar-refractivity contribution is -0.140. The van der Waals surface area contributed by atoms with Crippen molar-refractivity contribution in [2.75, 3.05) is 17.5 Å². The number of benzene rings is 4. The lowest BCUT2D eigenvalue weighted by Crippen LogP contribution is -2.54. The monoisotopic (exact) mass is 631 g/mol. The molecular formula is C35H38FN3O5S. The number of para-hydroxylation sites is 2. The van der Waals surface area contributed by atoms with E-state index >= 15 is 0 Å². The standard InChI is InChI=1S/C35H38FN3O5S/c1-4-44-33-18-12-11-17-31(33)39(45(42,43)30-15-9-6-10-16-30)25-34(40)38(24-28-19-21-29(36)22-20-28)32(35(41)37-26(2)3)23-27-13-7-5-8-14-27/h5-22,26,32H,4,23-25H2,1-3H3,(H,37,41)/t32-/m1/s1. The largest absolute Gasteiger partial charge is 0.492 e. The second-order valence-electron chi connectivity index (χ2n) is 10.7. The summed E-state index contributed by atoms with van der Waals surface area (Å²) in [5.41, 5.74) is 1.57. The van der Waals surface area contributed by atoms with Gasteiger partial charge in [-0.05, 0) is 68.3 Å². The number of carbonyl (C=O) groups is 2. The molecule has 2 amide bonds. The molecule has 0 heterocycles. The Bertz CT molecular complexity index is 1670. The van der Waals surface area contributed by atoms with E-state index in [0.29, 0.717) is 5.56 Å². The highest BCUT2D eigenvalue weighted by Gasteiger charge is 2.35. The number of nitrogens with zero attached hydrogens (tertiary/aromatic N) is 2. The average molecular weight is 632 g/mol. The highest BCUT2D eigenvalue weighted by molar-refractivity contribution is 7.92. The molecule has 0 aromatic heterocycles. The summed E-state index contributed by atoms with van der Waals surface area (Å²) in [7, 11) is -4.27. The molecule has 0 saturated carbocycles. The van der Waals surface area contributed by atoms with Gasteiger partial charge < -0.3 is 15.0 Å². The minimum Gasteiger partial charge on any atom is -0.492 e. The molecule has 8 nitrogen and oxygen atoms in total. The normalized spacial score (nSPS) is 11.9. The van der Waals surface area contributed by atoms with Gasteiger partial charge in [0.25, 0.3) is 10.0 Å². The van der Waals surface area contributed by atoms with Crippen molar-refractivity contribution in [3.8, 4) is 5.75 Å². The van der Waals surface area contributed by atoms with Gasteiger partial charge in [-0.15, -0.1) is 0 Å². The van der Waals surface area contributed by atoms with Crippen LogP contribution in [0.15, 0.2) is 114 Å². The van der Waals surface area contributed by atoms with Crippen LogP contribution in [0.2, 0.25) is 0 Å². The first kappa shape index (κ1) is 33.2. The van der Waals surface area contributed by atoms with Gasteiger partial charge in [0.2, 0.25) is 11.8 Å². The van der Waals surface area contributed by atoms with Gasteiger partial charge in [0, 0.05) is 19.0 Å². The second-order valence-corrected chi connectivity index (χ2v) is 12.6. The number of sulfonamides is 1. The zero-order valence-electron chi connectivity index (χ0n) is 25.6. The number of nitrogens with one attached hydrogen (secondary N) is 1. The molecule has 0 aliphatic heterocycles. The lowest BCUT2D eigenvalue weighted by Gasteiger charge is -2.34. The molecule has 4 aromatic carbocycles. The summed E-state index contributed by atoms with van der Waals surface area (Å²) in [5.74, 6) is -1.17. The van der Waals surface area contributed by atoms with Crippen molar-refractivity contribution in [3.05, 3.63) is 126 Å². The fraction of sp³-hybridized carbons (Fsp3) is 0.257. The zero-order valence-corrected chi connectivity index (χ0v) is 26.4. The van der Waals surface area contributed by atoms with Crippen LogP contribution in [0.1, 0.15) is 31.9 Å². The van der Waals surface area contributed by atoms with Crippen LogP contribution in [-0.2, 0) is 32.6 Å². The third-order valence-corrected chi connectivity index (χ3v) is 8.79. The van der Waals surface area contributed by atoms with E-state index in [0.717, 1.165) is 9.87 Å². The average Bonchev–Trinajstić information content (AvgIpc) is 3.03. The van der Waals surface area contributed by atoms with E-state index in [2.05, 4.69) is 5.32 Å². The van der Waals surface area contributed by atoms with Crippen LogP contribution in [0.5, 0.6) is 5.75 Å². The van der Waals surface area contributed by atoms with Crippen molar-refractivity contribution in [2.24, 2.45) is 0 Å². The highest BCUT2D eigenvalue weighted by Crippen LogP contribution is 2.33. The molecule has 236 valence electrons. The number of amides is 2. The Morgan fingerprint density at radius 2 is 1.42 bits per heavy atom. The predicted molar refractivity (Wildman–Crippen MR) is 173 cm³/mol. The Morgan fingerprint density at radius 1 is 0.822 bits per heavy atom. The molecule has 4 aromatic rings. The van der Waals surface area contributed by atoms with E-state index in [1.807, 2.05) is 44.2 Å². The minimum atomic E-state index is -4.27. The molecule has 0 fully saturated rings. The summed E-state index contributed by atoms with van der Waals surface area (Å²) >= 11 is 0. The summed E-state index contributed by atoms with van der Waals surface area (Å²) in [6.07, 6.45) is 0.174. The van der Waals surface area contributed by atoms with Crippen LogP contribution >= 0.6 is 0 Å². The maximum atomic E-state index is 14.5. The van der Waals surface area contributed by atoms with Crippen LogP contribution in [-0.4, -0.2) is 50.4 Å². The fourth-order valence-corrected chi connectivity index (χ4v) is 6.34. The second kappa shape index (κ2) is 15.3. The summed E-state index contributed by atoms with van der Waals surface area (Å²) in [5, 5.41) is 2.92. The van der Waals surface area contributed by atoms with Gasteiger partial charge in [0.15, 0.2) is 0 Å². The number of carbonyl (C=O) groups excluding carboxylic acids is 2. The fourth-order valence-electron chi connectivity index (χ4n) is 4.89. The summed E-state index contributed by atoms with van der Waals surface area (Å²) in [6, 6.07) is 28.1. The van der Waals surface area contributed by atoms with Gasteiger partial charge in [-0.25, -0.2) is 12.8 Å². The Labute approximate surface area is 264 Å². The first-order valence-electron chi connectivity index (χ1n) is 14.8. The van der Waals surface area contributed by atoms with Crippen molar-refractivity contribution in [1.29, 1.82) is 0 Å². The number of hydrogen-bond acceptors (Lipinski definition) is 5. The molecular weight excluding hydrogens is 593 g/mol. The van der Waals surface area contributed by atoms with Gasteiger partial charge >= 0.3 is 0 Å². The minimum absolute atomic E-state index is 0.00688. The van der Waals surface area contributed by atoms with Crippen LogP contribution in [0, 0.1) is 5.82 Å². The van der Waals surface area contributed by atoms with E-state index in [4.69, 9.17) is 4.74 Å². The van der Waals surface area contributed by atoms with Crippen molar-refractivity contribution < 1.29 is 27.1 Å². The summed E-state index contributed by atoms with van der Waals surface area (Å²) in [6.45, 7) is 5.02. The highest BCUT2D eigenvalue weighted by atomic mass is 32.2. The SMILES string of the molecule is CCOc1ccccc1N(CC(=O)N(Cc1ccc(F)cc1)[C@H](Cc1ccccc1)C(=O)NC(C)C)S(=O)(=O)c1ccccc1. The van der Waals surface area contributed by atoms with Gasteiger partial charge in [-0.3, -0.25) is 13.9 Å². The van der Waals surface area contributed by atoms with E-state index in [1.54, 1.807) is 61.5 Å². The molecule has 10 heteroatoms. The Balaban J connectivity index is 1.83. The van der Waals surface area contributed by atoms with E-state index < -0.39 is 40.2 Å². The summed E-state index contributed by atoms with van der Waals surface area (Å²) < 4.78 is 48.9. The Morgan fingerprint density at radius 3 is 2.04 bits per heavy atom. The van der Waals surface area contributed by atoms with E-state index in [-0.39, 0.29) is 41.9 Å². The molecule has 0 radical (unpaired) electrons. The summed E-state index contributed by atoms with van der Waals surface area (Å²) in [4.78, 5) is 29.6. The molecule has 0 aliphatic carbocycles. The number of ether oxygens (including phenoxy) is 1. The molecule has 0 bridgehead atoms. The Kier molecular flexibility index (Phi) is 11.3. The predicted octanol–water partition coefficient (Wildman–Crippen LogP) is 5.58. The number of anilines is 1. The van der Waals surface area contributed by atoms with Gasteiger partial charge in [0.05, 0.1) is 17.2 Å². The third-order valence-electron chi connectivity index (χ3n) is 7.01. The van der Waals surface area contributed by atoms with Crippen molar-refractivity contribution in [3.63, 3.8) is 0 Å². The van der Waals surface area contributed by atoms with Crippen LogP contribution in [0.25, 0.3) is 0 Å². The van der Waals surface area contributed by atoms with Crippen LogP contribution in [0.3, 0.4) is 0 Å². The van der Waals surface area contributed by atoms with Crippen molar-refractivity contribution >= 4 is 27.5 Å². The molecule has 0 spiro atoms. The van der Waals surface area contributed by atoms with E-state index in [9.17, 15) is 22.4 Å².